The lowest BCUT2D eigenvalue weighted by atomic mass is 10.3. The molecule has 0 atom stereocenters. The van der Waals surface area contributed by atoms with Crippen LogP contribution in [0, 0.1) is 0 Å². The summed E-state index contributed by atoms with van der Waals surface area (Å²) in [6.07, 6.45) is 0. The van der Waals surface area contributed by atoms with Crippen LogP contribution in [-0.4, -0.2) is 16.9 Å². The van der Waals surface area contributed by atoms with Gasteiger partial charge in [0.15, 0.2) is 0 Å². The molecule has 0 fully saturated rings. The van der Waals surface area contributed by atoms with Gasteiger partial charge < -0.3 is 15.2 Å². The molecule has 0 radical (unpaired) electrons. The van der Waals surface area contributed by atoms with Gasteiger partial charge in [0.2, 0.25) is 0 Å². The average Bonchev–Trinajstić information content (AvgIpc) is 2.04. The van der Waals surface area contributed by atoms with E-state index in [9.17, 15) is 0 Å². The summed E-state index contributed by atoms with van der Waals surface area (Å²) in [4.78, 5) is 0. The number of anilines is 1. The second kappa shape index (κ2) is 4.67. The number of thiocarbonyl (C=S) groups is 1. The lowest BCUT2D eigenvalue weighted by Gasteiger charge is -2.07. The van der Waals surface area contributed by atoms with Crippen molar-refractivity contribution < 1.29 is 9.84 Å². The number of aromatic hydroxyl groups is 1. The standard InChI is InChI=1S/C9H11NO2S/c1-2-12-9(13)10-7-4-3-5-8(11)6-7/h3-6,11H,2H2,1H3,(H,10,13). The predicted molar refractivity (Wildman–Crippen MR) is 56.0 cm³/mol. The molecule has 0 aliphatic heterocycles. The van der Waals surface area contributed by atoms with Gasteiger partial charge in [-0.1, -0.05) is 6.07 Å². The molecule has 3 nitrogen and oxygen atoms in total. The average molecular weight is 197 g/mol. The van der Waals surface area contributed by atoms with E-state index in [0.717, 1.165) is 5.69 Å². The Hall–Kier alpha value is -1.29. The van der Waals surface area contributed by atoms with Crippen LogP contribution in [-0.2, 0) is 4.74 Å². The predicted octanol–water partition coefficient (Wildman–Crippen LogP) is 2.13. The number of ether oxygens (including phenoxy) is 1. The van der Waals surface area contributed by atoms with Crippen molar-refractivity contribution in [2.24, 2.45) is 0 Å². The van der Waals surface area contributed by atoms with E-state index < -0.39 is 0 Å². The Labute approximate surface area is 82.3 Å². The minimum atomic E-state index is 0.198. The minimum absolute atomic E-state index is 0.198. The lowest BCUT2D eigenvalue weighted by molar-refractivity contribution is 0.335. The highest BCUT2D eigenvalue weighted by Gasteiger charge is 1.97. The van der Waals surface area contributed by atoms with Gasteiger partial charge in [0, 0.05) is 11.8 Å². The minimum Gasteiger partial charge on any atom is -0.508 e. The first-order chi connectivity index (χ1) is 6.22. The third-order valence-corrected chi connectivity index (χ3v) is 1.59. The third kappa shape index (κ3) is 3.29. The van der Waals surface area contributed by atoms with E-state index >= 15 is 0 Å². The molecule has 0 amide bonds. The van der Waals surface area contributed by atoms with Crippen LogP contribution in [0.15, 0.2) is 24.3 Å². The van der Waals surface area contributed by atoms with Gasteiger partial charge >= 0.3 is 0 Å². The molecule has 0 bridgehead atoms. The number of rotatable bonds is 2. The topological polar surface area (TPSA) is 41.5 Å². The molecule has 0 aliphatic carbocycles. The second-order valence-corrected chi connectivity index (χ2v) is 2.77. The summed E-state index contributed by atoms with van der Waals surface area (Å²) in [5, 5.41) is 12.3. The van der Waals surface area contributed by atoms with Crippen LogP contribution in [0.3, 0.4) is 0 Å². The maximum absolute atomic E-state index is 9.13. The SMILES string of the molecule is CCOC(=S)Nc1cccc(O)c1. The van der Waals surface area contributed by atoms with E-state index in [1.165, 1.54) is 0 Å². The molecule has 4 heteroatoms. The number of phenolic OH excluding ortho intramolecular Hbond substituents is 1. The summed E-state index contributed by atoms with van der Waals surface area (Å²) in [6, 6.07) is 6.69. The molecule has 1 rings (SSSR count). The molecule has 0 unspecified atom stereocenters. The Morgan fingerprint density at radius 3 is 3.00 bits per heavy atom. The third-order valence-electron chi connectivity index (χ3n) is 1.37. The fourth-order valence-electron chi connectivity index (χ4n) is 0.869. The largest absolute Gasteiger partial charge is 0.508 e. The van der Waals surface area contributed by atoms with Crippen molar-refractivity contribution in [1.29, 1.82) is 0 Å². The van der Waals surface area contributed by atoms with Crippen LogP contribution in [0.5, 0.6) is 5.75 Å². The fraction of sp³-hybridized carbons (Fsp3) is 0.222. The van der Waals surface area contributed by atoms with E-state index in [0.29, 0.717) is 11.8 Å². The normalized spacial score (nSPS) is 9.31. The van der Waals surface area contributed by atoms with E-state index in [-0.39, 0.29) is 5.75 Å². The van der Waals surface area contributed by atoms with E-state index in [1.807, 2.05) is 6.92 Å². The number of hydrogen-bond acceptors (Lipinski definition) is 3. The van der Waals surface area contributed by atoms with Gasteiger partial charge in [0.25, 0.3) is 5.17 Å². The summed E-state index contributed by atoms with van der Waals surface area (Å²) in [5.74, 6) is 0.198. The Morgan fingerprint density at radius 2 is 2.38 bits per heavy atom. The fourth-order valence-corrected chi connectivity index (χ4v) is 1.10. The summed E-state index contributed by atoms with van der Waals surface area (Å²) in [6.45, 7) is 2.39. The molecule has 0 heterocycles. The number of benzene rings is 1. The van der Waals surface area contributed by atoms with Gasteiger partial charge in [-0.25, -0.2) is 0 Å². The monoisotopic (exact) mass is 197 g/mol. The Morgan fingerprint density at radius 1 is 1.62 bits per heavy atom. The first kappa shape index (κ1) is 9.80. The molecular weight excluding hydrogens is 186 g/mol. The van der Waals surface area contributed by atoms with Gasteiger partial charge in [-0.3, -0.25) is 0 Å². The van der Waals surface area contributed by atoms with Crippen molar-refractivity contribution in [2.75, 3.05) is 11.9 Å². The zero-order valence-electron chi connectivity index (χ0n) is 7.28. The van der Waals surface area contributed by atoms with Gasteiger partial charge in [0.05, 0.1) is 6.61 Å². The molecule has 0 aliphatic rings. The van der Waals surface area contributed by atoms with Crippen LogP contribution in [0.4, 0.5) is 5.69 Å². The lowest BCUT2D eigenvalue weighted by Crippen LogP contribution is -2.12. The van der Waals surface area contributed by atoms with Crippen molar-refractivity contribution in [3.05, 3.63) is 24.3 Å². The quantitative estimate of drug-likeness (QED) is 0.713. The van der Waals surface area contributed by atoms with E-state index in [2.05, 4.69) is 5.32 Å². The molecular formula is C9H11NO2S. The zero-order valence-corrected chi connectivity index (χ0v) is 8.10. The van der Waals surface area contributed by atoms with Gasteiger partial charge in [-0.05, 0) is 31.3 Å². The van der Waals surface area contributed by atoms with Crippen molar-refractivity contribution in [2.45, 2.75) is 6.92 Å². The number of hydrogen-bond donors (Lipinski definition) is 2. The smallest absolute Gasteiger partial charge is 0.261 e. The molecule has 1 aromatic carbocycles. The molecule has 0 saturated heterocycles. The molecule has 0 saturated carbocycles. The number of nitrogens with one attached hydrogen (secondary N) is 1. The molecule has 2 N–H and O–H groups in total. The van der Waals surface area contributed by atoms with Crippen molar-refractivity contribution in [1.82, 2.24) is 0 Å². The summed E-state index contributed by atoms with van der Waals surface area (Å²) >= 11 is 4.86. The summed E-state index contributed by atoms with van der Waals surface area (Å²) in [5.41, 5.74) is 0.721. The number of phenols is 1. The molecule has 0 spiro atoms. The Kier molecular flexibility index (Phi) is 3.52. The van der Waals surface area contributed by atoms with Gasteiger partial charge in [0.1, 0.15) is 5.75 Å². The molecule has 0 aromatic heterocycles. The van der Waals surface area contributed by atoms with Crippen LogP contribution in [0.25, 0.3) is 0 Å². The van der Waals surface area contributed by atoms with Crippen LogP contribution in [0.1, 0.15) is 6.92 Å². The highest BCUT2D eigenvalue weighted by atomic mass is 32.1. The second-order valence-electron chi connectivity index (χ2n) is 2.40. The van der Waals surface area contributed by atoms with Gasteiger partial charge in [-0.15, -0.1) is 0 Å². The van der Waals surface area contributed by atoms with E-state index in [4.69, 9.17) is 22.1 Å². The Bertz CT molecular complexity index is 301. The van der Waals surface area contributed by atoms with Crippen LogP contribution in [0.2, 0.25) is 0 Å². The Balaban J connectivity index is 2.58. The van der Waals surface area contributed by atoms with Crippen LogP contribution < -0.4 is 5.32 Å². The maximum Gasteiger partial charge on any atom is 0.261 e. The van der Waals surface area contributed by atoms with Gasteiger partial charge in [-0.2, -0.15) is 0 Å². The van der Waals surface area contributed by atoms with Crippen molar-refractivity contribution in [3.63, 3.8) is 0 Å². The maximum atomic E-state index is 9.13. The first-order valence-electron chi connectivity index (χ1n) is 3.95. The molecule has 13 heavy (non-hydrogen) atoms. The first-order valence-corrected chi connectivity index (χ1v) is 4.36. The van der Waals surface area contributed by atoms with Crippen LogP contribution >= 0.6 is 12.2 Å². The van der Waals surface area contributed by atoms with Crippen molar-refractivity contribution in [3.8, 4) is 5.75 Å². The highest BCUT2D eigenvalue weighted by molar-refractivity contribution is 7.80. The highest BCUT2D eigenvalue weighted by Crippen LogP contribution is 2.15. The zero-order chi connectivity index (χ0) is 9.68. The van der Waals surface area contributed by atoms with E-state index in [1.54, 1.807) is 24.3 Å². The summed E-state index contributed by atoms with van der Waals surface area (Å²) in [7, 11) is 0. The molecule has 1 aromatic rings. The molecule has 70 valence electrons. The summed E-state index contributed by atoms with van der Waals surface area (Å²) < 4.78 is 5.02. The van der Waals surface area contributed by atoms with Crippen molar-refractivity contribution >= 4 is 23.1 Å².